The Kier molecular flexibility index (Phi) is 6.93. The van der Waals surface area contributed by atoms with Crippen LogP contribution in [0.25, 0.3) is 0 Å². The standard InChI is InChI=1S/C21H26ClN3O3S/c1-15-10-16(11-17-6-3-4-8-19(17)22)12-20(24-15)18-7-5-9-25(14-18)21(26)13-23-29(2,27)28/h3-4,6,8,10,12,18,23H,5,7,9,11,13-14H2,1-2H3. The number of aryl methyl sites for hydroxylation is 1. The molecule has 1 aliphatic heterocycles. The van der Waals surface area contributed by atoms with Gasteiger partial charge in [0.05, 0.1) is 12.8 Å². The zero-order valence-corrected chi connectivity index (χ0v) is 18.3. The van der Waals surface area contributed by atoms with Crippen molar-refractivity contribution >= 4 is 27.5 Å². The number of rotatable bonds is 6. The second-order valence-corrected chi connectivity index (χ2v) is 9.82. The maximum absolute atomic E-state index is 12.4. The van der Waals surface area contributed by atoms with Crippen molar-refractivity contribution in [1.29, 1.82) is 0 Å². The van der Waals surface area contributed by atoms with Gasteiger partial charge < -0.3 is 4.90 Å². The summed E-state index contributed by atoms with van der Waals surface area (Å²) in [6.07, 6.45) is 3.59. The molecule has 156 valence electrons. The van der Waals surface area contributed by atoms with E-state index in [9.17, 15) is 13.2 Å². The predicted octanol–water partition coefficient (Wildman–Crippen LogP) is 2.89. The Hall–Kier alpha value is -1.96. The van der Waals surface area contributed by atoms with E-state index in [0.717, 1.165) is 53.1 Å². The number of nitrogens with zero attached hydrogens (tertiary/aromatic N) is 2. The van der Waals surface area contributed by atoms with E-state index >= 15 is 0 Å². The average molecular weight is 436 g/mol. The molecule has 0 spiro atoms. The van der Waals surface area contributed by atoms with Gasteiger partial charge in [-0.05, 0) is 55.5 Å². The van der Waals surface area contributed by atoms with Gasteiger partial charge in [-0.15, -0.1) is 0 Å². The monoisotopic (exact) mass is 435 g/mol. The first-order valence-electron chi connectivity index (χ1n) is 9.64. The van der Waals surface area contributed by atoms with Gasteiger partial charge in [0.25, 0.3) is 0 Å². The molecule has 1 unspecified atom stereocenters. The normalized spacial score (nSPS) is 17.3. The van der Waals surface area contributed by atoms with Crippen LogP contribution in [-0.4, -0.2) is 50.1 Å². The highest BCUT2D eigenvalue weighted by molar-refractivity contribution is 7.88. The quantitative estimate of drug-likeness (QED) is 0.756. The van der Waals surface area contributed by atoms with Crippen LogP contribution < -0.4 is 4.72 Å². The predicted molar refractivity (Wildman–Crippen MR) is 115 cm³/mol. The Morgan fingerprint density at radius 3 is 2.79 bits per heavy atom. The molecule has 1 saturated heterocycles. The lowest BCUT2D eigenvalue weighted by Gasteiger charge is -2.33. The van der Waals surface area contributed by atoms with Gasteiger partial charge in [0.2, 0.25) is 15.9 Å². The van der Waals surface area contributed by atoms with Crippen molar-refractivity contribution in [3.05, 3.63) is 63.9 Å². The molecule has 1 fully saturated rings. The van der Waals surface area contributed by atoms with Gasteiger partial charge in [0.1, 0.15) is 0 Å². The lowest BCUT2D eigenvalue weighted by Crippen LogP contribution is -2.44. The van der Waals surface area contributed by atoms with Crippen LogP contribution in [0.3, 0.4) is 0 Å². The first-order valence-corrected chi connectivity index (χ1v) is 11.9. The van der Waals surface area contributed by atoms with Gasteiger partial charge >= 0.3 is 0 Å². The van der Waals surface area contributed by atoms with Crippen molar-refractivity contribution in [1.82, 2.24) is 14.6 Å². The van der Waals surface area contributed by atoms with Crippen LogP contribution in [-0.2, 0) is 21.2 Å². The molecule has 1 atom stereocenters. The summed E-state index contributed by atoms with van der Waals surface area (Å²) in [5.74, 6) is -0.0695. The smallest absolute Gasteiger partial charge is 0.237 e. The van der Waals surface area contributed by atoms with Gasteiger partial charge in [-0.3, -0.25) is 9.78 Å². The van der Waals surface area contributed by atoms with Crippen LogP contribution in [0.15, 0.2) is 36.4 Å². The average Bonchev–Trinajstić information content (AvgIpc) is 2.67. The third-order valence-corrected chi connectivity index (χ3v) is 6.10. The number of hydrogen-bond acceptors (Lipinski definition) is 4. The second-order valence-electron chi connectivity index (χ2n) is 7.58. The van der Waals surface area contributed by atoms with Gasteiger partial charge in [0.15, 0.2) is 0 Å². The fraction of sp³-hybridized carbons (Fsp3) is 0.429. The highest BCUT2D eigenvalue weighted by atomic mass is 35.5. The maximum atomic E-state index is 12.4. The van der Waals surface area contributed by atoms with Crippen LogP contribution in [0.4, 0.5) is 0 Å². The number of pyridine rings is 1. The Morgan fingerprint density at radius 1 is 1.31 bits per heavy atom. The zero-order valence-electron chi connectivity index (χ0n) is 16.7. The van der Waals surface area contributed by atoms with E-state index in [4.69, 9.17) is 16.6 Å². The van der Waals surface area contributed by atoms with E-state index in [1.165, 1.54) is 0 Å². The number of amides is 1. The Balaban J connectivity index is 1.73. The van der Waals surface area contributed by atoms with Crippen molar-refractivity contribution in [2.45, 2.75) is 32.1 Å². The first-order chi connectivity index (χ1) is 13.7. The summed E-state index contributed by atoms with van der Waals surface area (Å²) in [5, 5.41) is 0.747. The van der Waals surface area contributed by atoms with Crippen LogP contribution in [0.2, 0.25) is 5.02 Å². The van der Waals surface area contributed by atoms with Crippen LogP contribution in [0, 0.1) is 6.92 Å². The summed E-state index contributed by atoms with van der Waals surface area (Å²) in [6, 6.07) is 12.0. The van der Waals surface area contributed by atoms with Gasteiger partial charge in [-0.25, -0.2) is 13.1 Å². The van der Waals surface area contributed by atoms with Crippen molar-refractivity contribution in [3.8, 4) is 0 Å². The molecule has 3 rings (SSSR count). The van der Waals surface area contributed by atoms with E-state index < -0.39 is 10.0 Å². The largest absolute Gasteiger partial charge is 0.341 e. The number of nitrogens with one attached hydrogen (secondary N) is 1. The molecular formula is C21H26ClN3O3S. The van der Waals surface area contributed by atoms with Crippen molar-refractivity contribution in [3.63, 3.8) is 0 Å². The molecule has 29 heavy (non-hydrogen) atoms. The third-order valence-electron chi connectivity index (χ3n) is 5.06. The molecule has 1 aromatic carbocycles. The molecule has 2 heterocycles. The lowest BCUT2D eigenvalue weighted by molar-refractivity contribution is -0.131. The molecule has 6 nitrogen and oxygen atoms in total. The van der Waals surface area contributed by atoms with E-state index in [1.807, 2.05) is 31.2 Å². The van der Waals surface area contributed by atoms with Crippen molar-refractivity contribution in [2.24, 2.45) is 0 Å². The zero-order chi connectivity index (χ0) is 21.0. The molecule has 2 aromatic rings. The van der Waals surface area contributed by atoms with Gasteiger partial charge in [-0.1, -0.05) is 29.8 Å². The van der Waals surface area contributed by atoms with Crippen LogP contribution in [0.1, 0.15) is 41.3 Å². The number of piperidine rings is 1. The fourth-order valence-corrected chi connectivity index (χ4v) is 4.28. The molecule has 1 aromatic heterocycles. The summed E-state index contributed by atoms with van der Waals surface area (Å²) in [7, 11) is -3.39. The Morgan fingerprint density at radius 2 is 2.07 bits per heavy atom. The lowest BCUT2D eigenvalue weighted by atomic mass is 9.92. The summed E-state index contributed by atoms with van der Waals surface area (Å²) in [6.45, 7) is 2.96. The number of carbonyl (C=O) groups excluding carboxylic acids is 1. The molecule has 0 bridgehead atoms. The number of carbonyl (C=O) groups is 1. The van der Waals surface area contributed by atoms with Crippen molar-refractivity contribution < 1.29 is 13.2 Å². The molecule has 0 radical (unpaired) electrons. The van der Waals surface area contributed by atoms with Crippen molar-refractivity contribution in [2.75, 3.05) is 25.9 Å². The molecule has 1 amide bonds. The summed E-state index contributed by atoms with van der Waals surface area (Å²) >= 11 is 6.31. The fourth-order valence-electron chi connectivity index (χ4n) is 3.69. The van der Waals surface area contributed by atoms with Crippen LogP contribution in [0.5, 0.6) is 0 Å². The highest BCUT2D eigenvalue weighted by Crippen LogP contribution is 2.28. The molecule has 8 heteroatoms. The first kappa shape index (κ1) is 21.7. The molecule has 1 N–H and O–H groups in total. The van der Waals surface area contributed by atoms with E-state index in [1.54, 1.807) is 4.90 Å². The molecular weight excluding hydrogens is 410 g/mol. The number of sulfonamides is 1. The minimum atomic E-state index is -3.39. The van der Waals surface area contributed by atoms with E-state index in [-0.39, 0.29) is 18.4 Å². The Labute approximate surface area is 177 Å². The number of halogens is 1. The van der Waals surface area contributed by atoms with Gasteiger partial charge in [-0.2, -0.15) is 0 Å². The molecule has 1 aliphatic rings. The number of likely N-dealkylation sites (tertiary alicyclic amines) is 1. The third kappa shape index (κ3) is 6.26. The number of aromatic nitrogens is 1. The SMILES string of the molecule is Cc1cc(Cc2ccccc2Cl)cc(C2CCCN(C(=O)CNS(C)(=O)=O)C2)n1. The second kappa shape index (κ2) is 9.24. The van der Waals surface area contributed by atoms with Gasteiger partial charge in [0, 0.05) is 35.4 Å². The van der Waals surface area contributed by atoms with Crippen LogP contribution >= 0.6 is 11.6 Å². The van der Waals surface area contributed by atoms with E-state index in [2.05, 4.69) is 16.9 Å². The summed E-state index contributed by atoms with van der Waals surface area (Å²) < 4.78 is 24.8. The summed E-state index contributed by atoms with van der Waals surface area (Å²) in [5.41, 5.74) is 4.12. The topological polar surface area (TPSA) is 79.4 Å². The van der Waals surface area contributed by atoms with E-state index in [0.29, 0.717) is 13.1 Å². The molecule has 0 saturated carbocycles. The minimum Gasteiger partial charge on any atom is -0.341 e. The summed E-state index contributed by atoms with van der Waals surface area (Å²) in [4.78, 5) is 18.8. The molecule has 0 aliphatic carbocycles. The number of hydrogen-bond donors (Lipinski definition) is 1. The number of benzene rings is 1. The minimum absolute atomic E-state index is 0.135. The maximum Gasteiger partial charge on any atom is 0.237 e. The Bertz CT molecular complexity index is 994. The highest BCUT2D eigenvalue weighted by Gasteiger charge is 2.26.